The minimum absolute atomic E-state index is 0.0342. The second-order valence-electron chi connectivity index (χ2n) is 5.94. The molecule has 5 nitrogen and oxygen atoms in total. The van der Waals surface area contributed by atoms with Gasteiger partial charge in [0.1, 0.15) is 0 Å². The number of likely N-dealkylation sites (N-methyl/N-ethyl adjacent to an activating group) is 1. The lowest BCUT2D eigenvalue weighted by Crippen LogP contribution is -2.43. The molecule has 0 bridgehead atoms. The third-order valence-electron chi connectivity index (χ3n) is 4.12. The van der Waals surface area contributed by atoms with Gasteiger partial charge in [-0.1, -0.05) is 29.8 Å². The number of aryl methyl sites for hydroxylation is 1. The number of hydrogen-bond acceptors (Lipinski definition) is 4. The quantitative estimate of drug-likeness (QED) is 0.804. The van der Waals surface area contributed by atoms with Crippen LogP contribution in [-0.4, -0.2) is 71.4 Å². The highest BCUT2D eigenvalue weighted by Crippen LogP contribution is 2.16. The molecule has 0 aromatic heterocycles. The zero-order chi connectivity index (χ0) is 15.4. The van der Waals surface area contributed by atoms with Gasteiger partial charge in [-0.15, -0.1) is 0 Å². The molecular formula is C16H24N2O3. The molecule has 1 aromatic carbocycles. The van der Waals surface area contributed by atoms with Crippen LogP contribution in [0.1, 0.15) is 11.1 Å². The number of β-amino-alcohol motifs (C(OH)–C–C–N with tert-alkyl or cyclic N) is 1. The minimum atomic E-state index is -0.859. The molecule has 21 heavy (non-hydrogen) atoms. The van der Waals surface area contributed by atoms with Gasteiger partial charge in [0.2, 0.25) is 0 Å². The summed E-state index contributed by atoms with van der Waals surface area (Å²) in [5.41, 5.74) is 2.54. The van der Waals surface area contributed by atoms with Crippen LogP contribution in [0.5, 0.6) is 0 Å². The lowest BCUT2D eigenvalue weighted by molar-refractivity contribution is -0.138. The standard InChI is InChI=1S/C16H24N2O3/c1-12-3-5-13(6-4-12)7-8-18-9-14(15(19)10-18)17(2)11-16(20)21/h3-6,14-15,19H,7-11H2,1-2H3,(H,20,21)/t14?,15-/m1/s1. The van der Waals surface area contributed by atoms with Crippen LogP contribution in [0, 0.1) is 6.92 Å². The number of nitrogens with zero attached hydrogens (tertiary/aromatic N) is 2. The Labute approximate surface area is 125 Å². The summed E-state index contributed by atoms with van der Waals surface area (Å²) < 4.78 is 0. The van der Waals surface area contributed by atoms with Gasteiger partial charge in [-0.2, -0.15) is 0 Å². The van der Waals surface area contributed by atoms with Crippen LogP contribution in [-0.2, 0) is 11.2 Å². The Bertz CT molecular complexity index is 475. The van der Waals surface area contributed by atoms with Crippen LogP contribution in [0.3, 0.4) is 0 Å². The van der Waals surface area contributed by atoms with E-state index in [2.05, 4.69) is 36.1 Å². The largest absolute Gasteiger partial charge is 0.480 e. The summed E-state index contributed by atoms with van der Waals surface area (Å²) in [5.74, 6) is -0.859. The van der Waals surface area contributed by atoms with E-state index in [1.54, 1.807) is 11.9 Å². The smallest absolute Gasteiger partial charge is 0.317 e. The molecule has 0 amide bonds. The maximum absolute atomic E-state index is 10.8. The van der Waals surface area contributed by atoms with Gasteiger partial charge in [-0.05, 0) is 26.0 Å². The van der Waals surface area contributed by atoms with Crippen molar-refractivity contribution in [2.75, 3.05) is 33.2 Å². The Morgan fingerprint density at radius 2 is 2.00 bits per heavy atom. The van der Waals surface area contributed by atoms with Crippen molar-refractivity contribution < 1.29 is 15.0 Å². The van der Waals surface area contributed by atoms with Gasteiger partial charge in [0.05, 0.1) is 12.6 Å². The van der Waals surface area contributed by atoms with E-state index in [1.165, 1.54) is 11.1 Å². The predicted molar refractivity (Wildman–Crippen MR) is 81.4 cm³/mol. The highest BCUT2D eigenvalue weighted by atomic mass is 16.4. The number of carboxylic acid groups (broad SMARTS) is 1. The fraction of sp³-hybridized carbons (Fsp3) is 0.562. The number of rotatable bonds is 6. The second-order valence-corrected chi connectivity index (χ2v) is 5.94. The van der Waals surface area contributed by atoms with Crippen molar-refractivity contribution in [1.82, 2.24) is 9.80 Å². The normalized spacial score (nSPS) is 22.9. The van der Waals surface area contributed by atoms with Crippen molar-refractivity contribution >= 4 is 5.97 Å². The van der Waals surface area contributed by atoms with E-state index in [4.69, 9.17) is 5.11 Å². The molecule has 1 unspecified atom stereocenters. The molecule has 1 heterocycles. The predicted octanol–water partition coefficient (Wildman–Crippen LogP) is 0.599. The first-order valence-electron chi connectivity index (χ1n) is 7.33. The van der Waals surface area contributed by atoms with Crippen molar-refractivity contribution in [2.45, 2.75) is 25.5 Å². The van der Waals surface area contributed by atoms with Crippen molar-refractivity contribution in [3.8, 4) is 0 Å². The molecule has 1 aliphatic rings. The Hall–Kier alpha value is -1.43. The highest BCUT2D eigenvalue weighted by Gasteiger charge is 2.34. The summed E-state index contributed by atoms with van der Waals surface area (Å²) >= 11 is 0. The molecule has 2 atom stereocenters. The van der Waals surface area contributed by atoms with Crippen molar-refractivity contribution in [3.63, 3.8) is 0 Å². The lowest BCUT2D eigenvalue weighted by atomic mass is 10.1. The minimum Gasteiger partial charge on any atom is -0.480 e. The topological polar surface area (TPSA) is 64.0 Å². The maximum atomic E-state index is 10.8. The van der Waals surface area contributed by atoms with Gasteiger partial charge in [-0.3, -0.25) is 14.6 Å². The van der Waals surface area contributed by atoms with Gasteiger partial charge in [0.25, 0.3) is 0 Å². The summed E-state index contributed by atoms with van der Waals surface area (Å²) in [6.07, 6.45) is 0.468. The van der Waals surface area contributed by atoms with E-state index < -0.39 is 12.1 Å². The molecule has 0 spiro atoms. The number of aliphatic carboxylic acids is 1. The average Bonchev–Trinajstić information content (AvgIpc) is 2.79. The maximum Gasteiger partial charge on any atom is 0.317 e. The highest BCUT2D eigenvalue weighted by molar-refractivity contribution is 5.69. The molecular weight excluding hydrogens is 268 g/mol. The first-order valence-corrected chi connectivity index (χ1v) is 7.33. The first kappa shape index (κ1) is 15.9. The zero-order valence-electron chi connectivity index (χ0n) is 12.7. The fourth-order valence-electron chi connectivity index (χ4n) is 2.84. The van der Waals surface area contributed by atoms with Crippen molar-refractivity contribution in [1.29, 1.82) is 0 Å². The van der Waals surface area contributed by atoms with Crippen LogP contribution in [0.15, 0.2) is 24.3 Å². The number of carboxylic acids is 1. The molecule has 1 aromatic rings. The van der Waals surface area contributed by atoms with Gasteiger partial charge >= 0.3 is 5.97 Å². The lowest BCUT2D eigenvalue weighted by Gasteiger charge is -2.24. The Kier molecular flexibility index (Phi) is 5.33. The number of benzene rings is 1. The Balaban J connectivity index is 1.83. The van der Waals surface area contributed by atoms with E-state index in [9.17, 15) is 9.90 Å². The molecule has 0 radical (unpaired) electrons. The number of likely N-dealkylation sites (tertiary alicyclic amines) is 1. The van der Waals surface area contributed by atoms with Crippen LogP contribution >= 0.6 is 0 Å². The Morgan fingerprint density at radius 1 is 1.33 bits per heavy atom. The molecule has 1 aliphatic heterocycles. The summed E-state index contributed by atoms with van der Waals surface area (Å²) in [6.45, 7) is 4.26. The zero-order valence-corrected chi connectivity index (χ0v) is 12.7. The molecule has 116 valence electrons. The average molecular weight is 292 g/mol. The SMILES string of the molecule is Cc1ccc(CCN2CC(N(C)CC(=O)O)[C@H](O)C2)cc1. The van der Waals surface area contributed by atoms with E-state index in [-0.39, 0.29) is 12.6 Å². The molecule has 1 saturated heterocycles. The van der Waals surface area contributed by atoms with Crippen LogP contribution in [0.4, 0.5) is 0 Å². The molecule has 0 aliphatic carbocycles. The van der Waals surface area contributed by atoms with Gasteiger partial charge in [-0.25, -0.2) is 0 Å². The number of aliphatic hydroxyl groups excluding tert-OH is 1. The molecule has 2 rings (SSSR count). The molecule has 1 fully saturated rings. The summed E-state index contributed by atoms with van der Waals surface area (Å²) in [6, 6.07) is 8.39. The number of hydrogen-bond donors (Lipinski definition) is 2. The molecule has 2 N–H and O–H groups in total. The molecule has 0 saturated carbocycles. The van der Waals surface area contributed by atoms with Gasteiger partial charge in [0.15, 0.2) is 0 Å². The number of carbonyl (C=O) groups is 1. The summed E-state index contributed by atoms with van der Waals surface area (Å²) in [4.78, 5) is 14.7. The number of aliphatic hydroxyl groups is 1. The van der Waals surface area contributed by atoms with Crippen LogP contribution in [0.2, 0.25) is 0 Å². The summed E-state index contributed by atoms with van der Waals surface area (Å²) in [7, 11) is 1.76. The third-order valence-corrected chi connectivity index (χ3v) is 4.12. The fourth-order valence-corrected chi connectivity index (χ4v) is 2.84. The second kappa shape index (κ2) is 7.02. The third kappa shape index (κ3) is 4.52. The van der Waals surface area contributed by atoms with Gasteiger partial charge < -0.3 is 10.2 Å². The van der Waals surface area contributed by atoms with E-state index in [0.717, 1.165) is 19.5 Å². The molecule has 5 heteroatoms. The summed E-state index contributed by atoms with van der Waals surface area (Å²) in [5, 5.41) is 18.9. The van der Waals surface area contributed by atoms with Crippen LogP contribution < -0.4 is 0 Å². The van der Waals surface area contributed by atoms with Crippen LogP contribution in [0.25, 0.3) is 0 Å². The van der Waals surface area contributed by atoms with E-state index in [0.29, 0.717) is 6.54 Å². The van der Waals surface area contributed by atoms with E-state index in [1.807, 2.05) is 0 Å². The first-order chi connectivity index (χ1) is 9.95. The van der Waals surface area contributed by atoms with Gasteiger partial charge in [0, 0.05) is 25.7 Å². The monoisotopic (exact) mass is 292 g/mol. The van der Waals surface area contributed by atoms with E-state index >= 15 is 0 Å². The van der Waals surface area contributed by atoms with Crippen molar-refractivity contribution in [2.24, 2.45) is 0 Å². The Morgan fingerprint density at radius 3 is 2.62 bits per heavy atom. The van der Waals surface area contributed by atoms with Crippen molar-refractivity contribution in [3.05, 3.63) is 35.4 Å².